The summed E-state index contributed by atoms with van der Waals surface area (Å²) in [6.07, 6.45) is 8.84. The highest BCUT2D eigenvalue weighted by Crippen LogP contribution is 2.37. The van der Waals surface area contributed by atoms with Crippen molar-refractivity contribution in [1.82, 2.24) is 20.3 Å². The molecule has 0 unspecified atom stereocenters. The molecule has 1 amide bonds. The Labute approximate surface area is 177 Å². The lowest BCUT2D eigenvalue weighted by Gasteiger charge is -2.37. The molecule has 1 aromatic heterocycles. The zero-order valence-corrected chi connectivity index (χ0v) is 17.5. The van der Waals surface area contributed by atoms with Crippen molar-refractivity contribution in [1.29, 1.82) is 0 Å². The van der Waals surface area contributed by atoms with Gasteiger partial charge < -0.3 is 25.0 Å². The van der Waals surface area contributed by atoms with Crippen molar-refractivity contribution < 1.29 is 24.5 Å². The Balaban J connectivity index is 1.25. The van der Waals surface area contributed by atoms with Crippen LogP contribution in [-0.2, 0) is 26.4 Å². The van der Waals surface area contributed by atoms with E-state index in [-0.39, 0.29) is 30.6 Å². The molecule has 1 aromatic rings. The molecule has 3 aliphatic rings. The predicted molar refractivity (Wildman–Crippen MR) is 107 cm³/mol. The molecule has 0 radical (unpaired) electrons. The number of nitrogens with zero attached hydrogens (tertiary/aromatic N) is 3. The molecule has 3 heterocycles. The van der Waals surface area contributed by atoms with Crippen molar-refractivity contribution >= 4 is 5.91 Å². The zero-order chi connectivity index (χ0) is 21.0. The number of aromatic nitrogens is 3. The van der Waals surface area contributed by atoms with Crippen molar-refractivity contribution in [2.24, 2.45) is 5.92 Å². The van der Waals surface area contributed by atoms with Gasteiger partial charge in [-0.25, -0.2) is 0 Å². The van der Waals surface area contributed by atoms with Gasteiger partial charge >= 0.3 is 0 Å². The van der Waals surface area contributed by atoms with Gasteiger partial charge in [0.05, 0.1) is 24.9 Å². The summed E-state index contributed by atoms with van der Waals surface area (Å²) in [5, 5.41) is 31.9. The van der Waals surface area contributed by atoms with Crippen LogP contribution in [0.4, 0.5) is 0 Å². The number of hydrogen-bond donors (Lipinski definition) is 3. The highest BCUT2D eigenvalue weighted by atomic mass is 16.5. The molecule has 3 fully saturated rings. The first-order valence-corrected chi connectivity index (χ1v) is 11.3. The molecule has 0 spiro atoms. The van der Waals surface area contributed by atoms with Crippen molar-refractivity contribution in [2.75, 3.05) is 19.8 Å². The number of hydrogen-bond acceptors (Lipinski definition) is 7. The molecule has 9 nitrogen and oxygen atoms in total. The van der Waals surface area contributed by atoms with E-state index in [1.165, 1.54) is 0 Å². The smallest absolute Gasteiger partial charge is 0.223 e. The Kier molecular flexibility index (Phi) is 7.02. The van der Waals surface area contributed by atoms with E-state index in [1.54, 1.807) is 4.68 Å². The van der Waals surface area contributed by atoms with Crippen LogP contribution in [0.3, 0.4) is 0 Å². The van der Waals surface area contributed by atoms with E-state index in [0.29, 0.717) is 25.5 Å². The van der Waals surface area contributed by atoms with Crippen LogP contribution < -0.4 is 5.32 Å². The second-order valence-electron chi connectivity index (χ2n) is 8.95. The summed E-state index contributed by atoms with van der Waals surface area (Å²) in [6.45, 7) is 1.79. The standard InChI is InChI=1S/C21H34N4O5/c26-14-18-17(22-20(27)15-6-11-29-12-7-15)4-3-16(30-18)5-10-25-13-19(23-24-25)21(28)8-1-2-9-21/h13,15-18,26,28H,1-12,14H2,(H,22,27)/t16-,17+,18-/m1/s1. The monoisotopic (exact) mass is 422 g/mol. The maximum absolute atomic E-state index is 12.5. The topological polar surface area (TPSA) is 119 Å². The number of aliphatic hydroxyl groups is 2. The average molecular weight is 423 g/mol. The van der Waals surface area contributed by atoms with Gasteiger partial charge in [-0.15, -0.1) is 5.10 Å². The van der Waals surface area contributed by atoms with Gasteiger partial charge in [0.1, 0.15) is 17.4 Å². The Morgan fingerprint density at radius 3 is 2.73 bits per heavy atom. The summed E-state index contributed by atoms with van der Waals surface area (Å²) in [5.41, 5.74) is -0.161. The highest BCUT2D eigenvalue weighted by Gasteiger charge is 2.36. The molecule has 2 aliphatic heterocycles. The number of rotatable bonds is 7. The molecule has 3 atom stereocenters. The summed E-state index contributed by atoms with van der Waals surface area (Å²) in [5.74, 6) is 0.0378. The minimum absolute atomic E-state index is 0.000555. The van der Waals surface area contributed by atoms with E-state index in [0.717, 1.165) is 57.8 Å². The van der Waals surface area contributed by atoms with E-state index in [1.807, 2.05) is 6.20 Å². The van der Waals surface area contributed by atoms with Gasteiger partial charge in [-0.05, 0) is 44.9 Å². The van der Waals surface area contributed by atoms with Gasteiger partial charge in [-0.3, -0.25) is 9.48 Å². The third-order valence-corrected chi connectivity index (χ3v) is 6.84. The van der Waals surface area contributed by atoms with Crippen molar-refractivity contribution in [3.05, 3.63) is 11.9 Å². The molecule has 1 aliphatic carbocycles. The van der Waals surface area contributed by atoms with Crippen LogP contribution in [0.15, 0.2) is 6.20 Å². The number of carbonyl (C=O) groups excluding carboxylic acids is 1. The van der Waals surface area contributed by atoms with Gasteiger partial charge in [0.2, 0.25) is 5.91 Å². The van der Waals surface area contributed by atoms with Crippen LogP contribution >= 0.6 is 0 Å². The average Bonchev–Trinajstić information content (AvgIpc) is 3.44. The van der Waals surface area contributed by atoms with E-state index in [2.05, 4.69) is 15.6 Å². The number of aliphatic hydroxyl groups excluding tert-OH is 1. The second kappa shape index (κ2) is 9.72. The van der Waals surface area contributed by atoms with Gasteiger partial charge in [0, 0.05) is 25.7 Å². The predicted octanol–water partition coefficient (Wildman–Crippen LogP) is 0.881. The molecule has 2 saturated heterocycles. The molecule has 3 N–H and O–H groups in total. The fraction of sp³-hybridized carbons (Fsp3) is 0.857. The van der Waals surface area contributed by atoms with E-state index in [9.17, 15) is 15.0 Å². The van der Waals surface area contributed by atoms with Gasteiger partial charge in [0.15, 0.2) is 0 Å². The molecular formula is C21H34N4O5. The molecular weight excluding hydrogens is 388 g/mol. The van der Waals surface area contributed by atoms with Crippen LogP contribution in [0.5, 0.6) is 0 Å². The fourth-order valence-corrected chi connectivity index (χ4v) is 4.88. The summed E-state index contributed by atoms with van der Waals surface area (Å²) >= 11 is 0. The summed E-state index contributed by atoms with van der Waals surface area (Å²) in [6, 6.07) is -0.156. The third-order valence-electron chi connectivity index (χ3n) is 6.84. The normalized spacial score (nSPS) is 29.7. The number of carbonyl (C=O) groups is 1. The van der Waals surface area contributed by atoms with Crippen LogP contribution in [0.2, 0.25) is 0 Å². The first-order valence-electron chi connectivity index (χ1n) is 11.3. The van der Waals surface area contributed by atoms with Gasteiger partial charge in [-0.2, -0.15) is 0 Å². The Morgan fingerprint density at radius 2 is 2.00 bits per heavy atom. The number of ether oxygens (including phenoxy) is 2. The lowest BCUT2D eigenvalue weighted by Crippen LogP contribution is -2.52. The van der Waals surface area contributed by atoms with Crippen LogP contribution in [0.25, 0.3) is 0 Å². The maximum Gasteiger partial charge on any atom is 0.223 e. The lowest BCUT2D eigenvalue weighted by molar-refractivity contribution is -0.134. The van der Waals surface area contributed by atoms with E-state index >= 15 is 0 Å². The number of amides is 1. The maximum atomic E-state index is 12.5. The summed E-state index contributed by atoms with van der Waals surface area (Å²) < 4.78 is 13.2. The molecule has 4 rings (SSSR count). The van der Waals surface area contributed by atoms with E-state index in [4.69, 9.17) is 9.47 Å². The third kappa shape index (κ3) is 5.01. The SMILES string of the molecule is O=C(N[C@H]1CC[C@H](CCn2cc(C3(O)CCCC3)nn2)O[C@@H]1CO)C1CCOCC1. The molecule has 1 saturated carbocycles. The van der Waals surface area contributed by atoms with Gasteiger partial charge in [-0.1, -0.05) is 18.1 Å². The number of nitrogens with one attached hydrogen (secondary N) is 1. The molecule has 9 heteroatoms. The first-order chi connectivity index (χ1) is 14.6. The molecule has 0 bridgehead atoms. The quantitative estimate of drug-likeness (QED) is 0.597. The van der Waals surface area contributed by atoms with E-state index < -0.39 is 11.7 Å². The van der Waals surface area contributed by atoms with Gasteiger partial charge in [0.25, 0.3) is 0 Å². The zero-order valence-electron chi connectivity index (χ0n) is 17.5. The first kappa shape index (κ1) is 21.7. The minimum atomic E-state index is -0.822. The van der Waals surface area contributed by atoms with Crippen molar-refractivity contribution in [3.8, 4) is 0 Å². The second-order valence-corrected chi connectivity index (χ2v) is 8.95. The Morgan fingerprint density at radius 1 is 1.23 bits per heavy atom. The van der Waals surface area contributed by atoms with Crippen molar-refractivity contribution in [3.63, 3.8) is 0 Å². The van der Waals surface area contributed by atoms with Crippen LogP contribution in [0, 0.1) is 5.92 Å². The highest BCUT2D eigenvalue weighted by molar-refractivity contribution is 5.79. The largest absolute Gasteiger partial charge is 0.394 e. The fourth-order valence-electron chi connectivity index (χ4n) is 4.88. The van der Waals surface area contributed by atoms with Crippen LogP contribution in [-0.4, -0.2) is 69.2 Å². The van der Waals surface area contributed by atoms with Crippen LogP contribution in [0.1, 0.15) is 63.5 Å². The Hall–Kier alpha value is -1.55. The van der Waals surface area contributed by atoms with Crippen molar-refractivity contribution in [2.45, 2.75) is 88.2 Å². The number of aryl methyl sites for hydroxylation is 1. The Bertz CT molecular complexity index is 699. The molecule has 0 aromatic carbocycles. The lowest BCUT2D eigenvalue weighted by atomic mass is 9.94. The summed E-state index contributed by atoms with van der Waals surface area (Å²) in [4.78, 5) is 12.5. The molecule has 30 heavy (non-hydrogen) atoms. The summed E-state index contributed by atoms with van der Waals surface area (Å²) in [7, 11) is 0. The minimum Gasteiger partial charge on any atom is -0.394 e. The molecule has 168 valence electrons.